The van der Waals surface area contributed by atoms with Gasteiger partial charge in [0.05, 0.1) is 0 Å². The van der Waals surface area contributed by atoms with Gasteiger partial charge in [0.2, 0.25) is 0 Å². The van der Waals surface area contributed by atoms with Gasteiger partial charge < -0.3 is 21.1 Å². The number of carboxylic acid groups (broad SMARTS) is 1. The summed E-state index contributed by atoms with van der Waals surface area (Å²) in [6.07, 6.45) is 4.44. The highest BCUT2D eigenvalue weighted by Crippen LogP contribution is 1.97. The summed E-state index contributed by atoms with van der Waals surface area (Å²) in [4.78, 5) is 38.6. The van der Waals surface area contributed by atoms with Crippen LogP contribution in [0.1, 0.15) is 52.9 Å². The van der Waals surface area contributed by atoms with Gasteiger partial charge in [0.1, 0.15) is 6.04 Å². The van der Waals surface area contributed by atoms with Gasteiger partial charge in [-0.25, -0.2) is 9.59 Å². The first-order valence-electron chi connectivity index (χ1n) is 7.88. The smallest absolute Gasteiger partial charge is 0.373 e. The quantitative estimate of drug-likeness (QED) is 0.421. The van der Waals surface area contributed by atoms with E-state index in [1.165, 1.54) is 0 Å². The Hall–Kier alpha value is -1.92. The van der Waals surface area contributed by atoms with Crippen LogP contribution >= 0.6 is 0 Å². The summed E-state index contributed by atoms with van der Waals surface area (Å²) in [5.74, 6) is -0.984. The predicted octanol–water partition coefficient (Wildman–Crippen LogP) is 1.12. The molecule has 23 heavy (non-hydrogen) atoms. The molecule has 0 fully saturated rings. The molecule has 0 saturated heterocycles. The molecule has 8 heteroatoms. The van der Waals surface area contributed by atoms with Gasteiger partial charge in [-0.3, -0.25) is 0 Å². The first kappa shape index (κ1) is 23.3. The molecule has 0 aromatic heterocycles. The summed E-state index contributed by atoms with van der Waals surface area (Å²) in [5, 5.41) is 17.4. The molecule has 0 aliphatic rings. The van der Waals surface area contributed by atoms with Crippen LogP contribution in [0, 0.1) is 0 Å². The highest BCUT2D eigenvalue weighted by atomic mass is 16.4. The van der Waals surface area contributed by atoms with Crippen LogP contribution in [0.25, 0.3) is 0 Å². The van der Waals surface area contributed by atoms with E-state index in [-0.39, 0.29) is 6.15 Å². The number of nitrogens with one attached hydrogen (secondary N) is 3. The molecular weight excluding hydrogens is 302 g/mol. The van der Waals surface area contributed by atoms with Crippen LogP contribution in [0.2, 0.25) is 0 Å². The van der Waals surface area contributed by atoms with Gasteiger partial charge in [0, 0.05) is 12.6 Å². The Balaban J connectivity index is 0. The number of carboxylic acids is 1. The number of hydrogen-bond donors (Lipinski definition) is 4. The van der Waals surface area contributed by atoms with Crippen molar-refractivity contribution in [3.05, 3.63) is 0 Å². The molecule has 0 saturated carbocycles. The van der Waals surface area contributed by atoms with Gasteiger partial charge >= 0.3 is 18.2 Å². The average Bonchev–Trinajstić information content (AvgIpc) is 2.46. The maximum Gasteiger partial charge on any atom is 0.373 e. The first-order chi connectivity index (χ1) is 10.9. The van der Waals surface area contributed by atoms with Crippen molar-refractivity contribution in [3.8, 4) is 0 Å². The zero-order chi connectivity index (χ0) is 18.1. The second kappa shape index (κ2) is 16.5. The standard InChI is InChI=1S/C14H29N3O3.CO2/c1-4-8-12(13(18)19)17-14(20)16-10-7-5-6-9-15-11(2)3;2-1-3/h11-12,15H,4-10H2,1-3H3,(H,18,19)(H2,16,17,20);. The number of carbonyl (C=O) groups is 2. The molecule has 0 radical (unpaired) electrons. The van der Waals surface area contributed by atoms with Gasteiger partial charge in [-0.15, -0.1) is 0 Å². The van der Waals surface area contributed by atoms with Gasteiger partial charge in [-0.2, -0.15) is 9.59 Å². The maximum atomic E-state index is 11.5. The third kappa shape index (κ3) is 18.0. The molecule has 0 aliphatic heterocycles. The summed E-state index contributed by atoms with van der Waals surface area (Å²) < 4.78 is 0. The number of rotatable bonds is 11. The van der Waals surface area contributed by atoms with E-state index in [1.54, 1.807) is 0 Å². The van der Waals surface area contributed by atoms with E-state index in [0.717, 1.165) is 32.2 Å². The SMILES string of the molecule is CCCC(NC(=O)NCCCCCNC(C)C)C(=O)O.O=C=O. The number of urea groups is 1. The van der Waals surface area contributed by atoms with Crippen LogP contribution in [0.4, 0.5) is 4.79 Å². The lowest BCUT2D eigenvalue weighted by atomic mass is 10.2. The fraction of sp³-hybridized carbons (Fsp3) is 0.800. The van der Waals surface area contributed by atoms with E-state index in [9.17, 15) is 9.59 Å². The lowest BCUT2D eigenvalue weighted by Crippen LogP contribution is -2.46. The van der Waals surface area contributed by atoms with Gasteiger partial charge in [-0.1, -0.05) is 33.6 Å². The molecule has 1 atom stereocenters. The van der Waals surface area contributed by atoms with Crippen molar-refractivity contribution in [2.75, 3.05) is 13.1 Å². The van der Waals surface area contributed by atoms with E-state index in [1.807, 2.05) is 6.92 Å². The van der Waals surface area contributed by atoms with Crippen molar-refractivity contribution in [1.82, 2.24) is 16.0 Å². The minimum atomic E-state index is -0.984. The molecule has 0 aromatic rings. The largest absolute Gasteiger partial charge is 0.480 e. The molecule has 0 bridgehead atoms. The van der Waals surface area contributed by atoms with E-state index >= 15 is 0 Å². The summed E-state index contributed by atoms with van der Waals surface area (Å²) >= 11 is 0. The van der Waals surface area contributed by atoms with Crippen LogP contribution in [0.5, 0.6) is 0 Å². The number of amides is 2. The molecule has 1 unspecified atom stereocenters. The fourth-order valence-electron chi connectivity index (χ4n) is 1.77. The monoisotopic (exact) mass is 331 g/mol. The predicted molar refractivity (Wildman–Crippen MR) is 84.9 cm³/mol. The summed E-state index contributed by atoms with van der Waals surface area (Å²) in [7, 11) is 0. The molecule has 0 aromatic carbocycles. The zero-order valence-corrected chi connectivity index (χ0v) is 14.2. The topological polar surface area (TPSA) is 125 Å². The molecule has 0 aliphatic carbocycles. The Morgan fingerprint density at radius 1 is 1.09 bits per heavy atom. The van der Waals surface area contributed by atoms with E-state index in [4.69, 9.17) is 14.7 Å². The van der Waals surface area contributed by atoms with Crippen molar-refractivity contribution in [1.29, 1.82) is 0 Å². The van der Waals surface area contributed by atoms with Crippen molar-refractivity contribution in [3.63, 3.8) is 0 Å². The maximum absolute atomic E-state index is 11.5. The Morgan fingerprint density at radius 2 is 1.65 bits per heavy atom. The van der Waals surface area contributed by atoms with Crippen molar-refractivity contribution >= 4 is 18.2 Å². The Bertz CT molecular complexity index is 355. The highest BCUT2D eigenvalue weighted by molar-refractivity contribution is 5.82. The van der Waals surface area contributed by atoms with Crippen LogP contribution in [0.15, 0.2) is 0 Å². The first-order valence-corrected chi connectivity index (χ1v) is 7.88. The third-order valence-electron chi connectivity index (χ3n) is 2.87. The summed E-state index contributed by atoms with van der Waals surface area (Å²) in [6, 6.07) is -0.688. The summed E-state index contributed by atoms with van der Waals surface area (Å²) in [6.45, 7) is 7.68. The number of hydrogen-bond acceptors (Lipinski definition) is 5. The van der Waals surface area contributed by atoms with Crippen molar-refractivity contribution < 1.29 is 24.3 Å². The number of carbonyl (C=O) groups excluding carboxylic acids is 3. The molecule has 0 rings (SSSR count). The van der Waals surface area contributed by atoms with E-state index < -0.39 is 18.0 Å². The van der Waals surface area contributed by atoms with Crippen LogP contribution < -0.4 is 16.0 Å². The molecular formula is C15H29N3O5. The Morgan fingerprint density at radius 3 is 2.13 bits per heavy atom. The molecule has 0 spiro atoms. The van der Waals surface area contributed by atoms with Crippen LogP contribution in [-0.4, -0.2) is 48.4 Å². The molecule has 134 valence electrons. The number of unbranched alkanes of at least 4 members (excludes halogenated alkanes) is 2. The lowest BCUT2D eigenvalue weighted by Gasteiger charge is -2.14. The van der Waals surface area contributed by atoms with Crippen molar-refractivity contribution in [2.24, 2.45) is 0 Å². The van der Waals surface area contributed by atoms with Gasteiger partial charge in [0.25, 0.3) is 0 Å². The van der Waals surface area contributed by atoms with E-state index in [0.29, 0.717) is 19.0 Å². The highest BCUT2D eigenvalue weighted by Gasteiger charge is 2.18. The van der Waals surface area contributed by atoms with Gasteiger partial charge in [0.15, 0.2) is 0 Å². The molecule has 2 amide bonds. The molecule has 4 N–H and O–H groups in total. The Labute approximate surface area is 137 Å². The summed E-state index contributed by atoms with van der Waals surface area (Å²) in [5.41, 5.74) is 0. The Kier molecular flexibility index (Phi) is 16.7. The van der Waals surface area contributed by atoms with Crippen LogP contribution in [-0.2, 0) is 14.4 Å². The third-order valence-corrected chi connectivity index (χ3v) is 2.87. The second-order valence-corrected chi connectivity index (χ2v) is 5.33. The van der Waals surface area contributed by atoms with Crippen molar-refractivity contribution in [2.45, 2.75) is 65.0 Å². The lowest BCUT2D eigenvalue weighted by molar-refractivity contribution is -0.191. The minimum absolute atomic E-state index is 0.250. The number of aliphatic carboxylic acids is 1. The molecule has 8 nitrogen and oxygen atoms in total. The zero-order valence-electron chi connectivity index (χ0n) is 14.2. The normalized spacial score (nSPS) is 11.0. The van der Waals surface area contributed by atoms with Gasteiger partial charge in [-0.05, 0) is 25.8 Å². The molecule has 0 heterocycles. The average molecular weight is 331 g/mol. The second-order valence-electron chi connectivity index (χ2n) is 5.33. The fourth-order valence-corrected chi connectivity index (χ4v) is 1.77. The van der Waals surface area contributed by atoms with Crippen LogP contribution in [0.3, 0.4) is 0 Å². The van der Waals surface area contributed by atoms with E-state index in [2.05, 4.69) is 29.8 Å². The minimum Gasteiger partial charge on any atom is -0.480 e.